The maximum Gasteiger partial charge on any atom is 0.255 e. The highest BCUT2D eigenvalue weighted by Crippen LogP contribution is 2.27. The Morgan fingerprint density at radius 1 is 1.21 bits per heavy atom. The molecule has 1 amide bonds. The molecule has 1 aromatic heterocycles. The van der Waals surface area contributed by atoms with Crippen LogP contribution < -0.4 is 15.4 Å². The number of hydrogen-bond acceptors (Lipinski definition) is 5. The van der Waals surface area contributed by atoms with Crippen molar-refractivity contribution in [1.29, 1.82) is 0 Å². The second-order valence-electron chi connectivity index (χ2n) is 5.06. The van der Waals surface area contributed by atoms with Crippen molar-refractivity contribution in [2.45, 2.75) is 13.3 Å². The van der Waals surface area contributed by atoms with Crippen molar-refractivity contribution in [3.8, 4) is 5.75 Å². The number of ether oxygens (including phenoxy) is 2. The van der Waals surface area contributed by atoms with Gasteiger partial charge in [-0.2, -0.15) is 0 Å². The van der Waals surface area contributed by atoms with Gasteiger partial charge in [0.25, 0.3) is 5.91 Å². The topological polar surface area (TPSA) is 72.5 Å². The predicted octanol–water partition coefficient (Wildman–Crippen LogP) is 2.99. The van der Waals surface area contributed by atoms with Gasteiger partial charge in [-0.15, -0.1) is 0 Å². The van der Waals surface area contributed by atoms with Gasteiger partial charge in [-0.05, 0) is 37.6 Å². The van der Waals surface area contributed by atoms with Crippen LogP contribution in [0.4, 0.5) is 11.5 Å². The molecule has 128 valence electrons. The summed E-state index contributed by atoms with van der Waals surface area (Å²) in [6.45, 7) is 3.65. The summed E-state index contributed by atoms with van der Waals surface area (Å²) in [5.74, 6) is 1.04. The van der Waals surface area contributed by atoms with Crippen LogP contribution in [-0.2, 0) is 4.74 Å². The first-order chi connectivity index (χ1) is 11.8. The van der Waals surface area contributed by atoms with Crippen LogP contribution in [0.3, 0.4) is 0 Å². The molecule has 1 aromatic carbocycles. The minimum atomic E-state index is -0.171. The Hall–Kier alpha value is -2.60. The van der Waals surface area contributed by atoms with Crippen molar-refractivity contribution in [2.24, 2.45) is 0 Å². The van der Waals surface area contributed by atoms with Crippen molar-refractivity contribution in [2.75, 3.05) is 32.2 Å². The number of benzene rings is 1. The molecule has 0 unspecified atom stereocenters. The maximum absolute atomic E-state index is 12.4. The Labute approximate surface area is 142 Å². The minimum absolute atomic E-state index is 0.171. The highest BCUT2D eigenvalue weighted by Gasteiger charge is 2.13. The minimum Gasteiger partial charge on any atom is -0.492 e. The zero-order valence-corrected chi connectivity index (χ0v) is 14.0. The molecule has 0 fully saturated rings. The molecule has 2 aromatic rings. The normalized spacial score (nSPS) is 10.2. The van der Waals surface area contributed by atoms with Crippen LogP contribution in [-0.4, -0.2) is 37.8 Å². The largest absolute Gasteiger partial charge is 0.492 e. The number of amides is 1. The van der Waals surface area contributed by atoms with Crippen molar-refractivity contribution < 1.29 is 14.3 Å². The Balaban J connectivity index is 2.13. The van der Waals surface area contributed by atoms with E-state index < -0.39 is 0 Å². The Morgan fingerprint density at radius 2 is 2.04 bits per heavy atom. The number of carbonyl (C=O) groups is 1. The number of carbonyl (C=O) groups excluding carboxylic acids is 1. The number of nitrogens with zero attached hydrogens (tertiary/aromatic N) is 1. The van der Waals surface area contributed by atoms with Crippen molar-refractivity contribution in [1.82, 2.24) is 10.3 Å². The van der Waals surface area contributed by atoms with Gasteiger partial charge in [-0.3, -0.25) is 4.79 Å². The molecule has 2 rings (SSSR count). The lowest BCUT2D eigenvalue weighted by atomic mass is 10.2. The van der Waals surface area contributed by atoms with E-state index in [1.165, 1.54) is 0 Å². The molecule has 0 spiro atoms. The average Bonchev–Trinajstić information content (AvgIpc) is 2.61. The van der Waals surface area contributed by atoms with E-state index in [0.29, 0.717) is 31.1 Å². The van der Waals surface area contributed by atoms with Crippen LogP contribution in [0, 0.1) is 0 Å². The molecule has 0 radical (unpaired) electrons. The first-order valence-corrected chi connectivity index (χ1v) is 7.97. The molecule has 0 aliphatic carbocycles. The molecular weight excluding hydrogens is 306 g/mol. The Kier molecular flexibility index (Phi) is 7.04. The maximum atomic E-state index is 12.4. The molecular formula is C18H23N3O3. The summed E-state index contributed by atoms with van der Waals surface area (Å²) in [4.78, 5) is 16.7. The standard InChI is InChI=1S/C18H23N3O3/c1-3-24-16-10-5-4-9-15(16)21-17-14(8-6-11-19-17)18(22)20-12-7-13-23-2/h4-6,8-11H,3,7,12-13H2,1-2H3,(H,19,21)(H,20,22). The lowest BCUT2D eigenvalue weighted by Gasteiger charge is -2.14. The molecule has 0 aliphatic rings. The second-order valence-corrected chi connectivity index (χ2v) is 5.06. The fraction of sp³-hybridized carbons (Fsp3) is 0.333. The molecule has 6 nitrogen and oxygen atoms in total. The van der Waals surface area contributed by atoms with E-state index in [4.69, 9.17) is 9.47 Å². The van der Waals surface area contributed by atoms with Gasteiger partial charge in [0.1, 0.15) is 11.6 Å². The Morgan fingerprint density at radius 3 is 2.83 bits per heavy atom. The summed E-state index contributed by atoms with van der Waals surface area (Å²) in [5, 5.41) is 6.06. The second kappa shape index (κ2) is 9.52. The van der Waals surface area contributed by atoms with Crippen LogP contribution in [0.25, 0.3) is 0 Å². The smallest absolute Gasteiger partial charge is 0.255 e. The highest BCUT2D eigenvalue weighted by molar-refractivity contribution is 5.99. The number of aromatic nitrogens is 1. The number of hydrogen-bond donors (Lipinski definition) is 2. The summed E-state index contributed by atoms with van der Waals surface area (Å²) in [6, 6.07) is 11.0. The number of rotatable bonds is 9. The van der Waals surface area contributed by atoms with E-state index in [2.05, 4.69) is 15.6 Å². The molecule has 0 bridgehead atoms. The predicted molar refractivity (Wildman–Crippen MR) is 94.0 cm³/mol. The molecule has 2 N–H and O–H groups in total. The van der Waals surface area contributed by atoms with Crippen LogP contribution in [0.15, 0.2) is 42.6 Å². The van der Waals surface area contributed by atoms with Gasteiger partial charge in [-0.1, -0.05) is 12.1 Å². The monoisotopic (exact) mass is 329 g/mol. The molecule has 6 heteroatoms. The number of anilines is 2. The third-order valence-electron chi connectivity index (χ3n) is 3.30. The highest BCUT2D eigenvalue weighted by atomic mass is 16.5. The molecule has 0 saturated heterocycles. The molecule has 0 aliphatic heterocycles. The quantitative estimate of drug-likeness (QED) is 0.692. The first kappa shape index (κ1) is 17.7. The zero-order chi connectivity index (χ0) is 17.2. The average molecular weight is 329 g/mol. The molecule has 1 heterocycles. The fourth-order valence-corrected chi connectivity index (χ4v) is 2.18. The molecule has 0 atom stereocenters. The van der Waals surface area contributed by atoms with E-state index >= 15 is 0 Å². The fourth-order valence-electron chi connectivity index (χ4n) is 2.18. The van der Waals surface area contributed by atoms with Crippen LogP contribution in [0.5, 0.6) is 5.75 Å². The number of pyridine rings is 1. The lowest BCUT2D eigenvalue weighted by molar-refractivity contribution is 0.0949. The van der Waals surface area contributed by atoms with Gasteiger partial charge >= 0.3 is 0 Å². The molecule has 0 saturated carbocycles. The third-order valence-corrected chi connectivity index (χ3v) is 3.30. The van der Waals surface area contributed by atoms with Gasteiger partial charge in [0.15, 0.2) is 0 Å². The van der Waals surface area contributed by atoms with E-state index in [1.807, 2.05) is 31.2 Å². The van der Waals surface area contributed by atoms with Gasteiger partial charge < -0.3 is 20.1 Å². The van der Waals surface area contributed by atoms with Gasteiger partial charge in [0, 0.05) is 26.5 Å². The molecule has 24 heavy (non-hydrogen) atoms. The van der Waals surface area contributed by atoms with Crippen molar-refractivity contribution >= 4 is 17.4 Å². The zero-order valence-electron chi connectivity index (χ0n) is 14.0. The number of para-hydroxylation sites is 2. The van der Waals surface area contributed by atoms with E-state index in [1.54, 1.807) is 25.4 Å². The third kappa shape index (κ3) is 4.96. The number of methoxy groups -OCH3 is 1. The van der Waals surface area contributed by atoms with Crippen LogP contribution in [0.2, 0.25) is 0 Å². The summed E-state index contributed by atoms with van der Waals surface area (Å²) >= 11 is 0. The number of nitrogens with one attached hydrogen (secondary N) is 2. The van der Waals surface area contributed by atoms with E-state index in [9.17, 15) is 4.79 Å². The lowest BCUT2D eigenvalue weighted by Crippen LogP contribution is -2.26. The Bertz CT molecular complexity index is 661. The SMILES string of the molecule is CCOc1ccccc1Nc1ncccc1C(=O)NCCCOC. The summed E-state index contributed by atoms with van der Waals surface area (Å²) in [5.41, 5.74) is 1.26. The summed E-state index contributed by atoms with van der Waals surface area (Å²) < 4.78 is 10.6. The first-order valence-electron chi connectivity index (χ1n) is 7.97. The van der Waals surface area contributed by atoms with E-state index in [0.717, 1.165) is 17.9 Å². The summed E-state index contributed by atoms with van der Waals surface area (Å²) in [7, 11) is 1.64. The van der Waals surface area contributed by atoms with Crippen molar-refractivity contribution in [3.63, 3.8) is 0 Å². The van der Waals surface area contributed by atoms with Gasteiger partial charge in [0.2, 0.25) is 0 Å². The van der Waals surface area contributed by atoms with Crippen molar-refractivity contribution in [3.05, 3.63) is 48.2 Å². The van der Waals surface area contributed by atoms with Gasteiger partial charge in [-0.25, -0.2) is 4.98 Å². The van der Waals surface area contributed by atoms with E-state index in [-0.39, 0.29) is 5.91 Å². The van der Waals surface area contributed by atoms with Crippen LogP contribution >= 0.6 is 0 Å². The van der Waals surface area contributed by atoms with Gasteiger partial charge in [0.05, 0.1) is 17.9 Å². The summed E-state index contributed by atoms with van der Waals surface area (Å²) in [6.07, 6.45) is 2.41. The van der Waals surface area contributed by atoms with Crippen LogP contribution in [0.1, 0.15) is 23.7 Å².